The average molecular weight is 377 g/mol. The SMILES string of the molecule is COCCOC(=O)C1=C(C)Nc2nc3ccccc3n2[C@@H]1c1cccc(C)c1. The van der Waals surface area contributed by atoms with Gasteiger partial charge in [0, 0.05) is 12.8 Å². The third kappa shape index (κ3) is 3.16. The first-order chi connectivity index (χ1) is 13.6. The first-order valence-electron chi connectivity index (χ1n) is 9.27. The molecule has 0 aliphatic carbocycles. The van der Waals surface area contributed by atoms with Gasteiger partial charge in [-0.2, -0.15) is 0 Å². The Hall–Kier alpha value is -3.12. The third-order valence-electron chi connectivity index (χ3n) is 4.93. The van der Waals surface area contributed by atoms with Crippen LogP contribution >= 0.6 is 0 Å². The topological polar surface area (TPSA) is 65.4 Å². The van der Waals surface area contributed by atoms with Crippen molar-refractivity contribution in [2.24, 2.45) is 0 Å². The van der Waals surface area contributed by atoms with Gasteiger partial charge in [-0.1, -0.05) is 42.0 Å². The van der Waals surface area contributed by atoms with Crippen molar-refractivity contribution in [1.29, 1.82) is 0 Å². The Labute approximate surface area is 163 Å². The number of nitrogens with one attached hydrogen (secondary N) is 1. The number of imidazole rings is 1. The number of allylic oxidation sites excluding steroid dienone is 1. The predicted octanol–water partition coefficient (Wildman–Crippen LogP) is 3.82. The number of carbonyl (C=O) groups excluding carboxylic acids is 1. The summed E-state index contributed by atoms with van der Waals surface area (Å²) in [4.78, 5) is 17.7. The summed E-state index contributed by atoms with van der Waals surface area (Å²) in [5.41, 5.74) is 5.32. The lowest BCUT2D eigenvalue weighted by Crippen LogP contribution is -2.29. The van der Waals surface area contributed by atoms with Crippen molar-refractivity contribution in [3.63, 3.8) is 0 Å². The number of rotatable bonds is 5. The first-order valence-corrected chi connectivity index (χ1v) is 9.27. The summed E-state index contributed by atoms with van der Waals surface area (Å²) in [5, 5.41) is 3.28. The van der Waals surface area contributed by atoms with E-state index >= 15 is 0 Å². The number of hydrogen-bond acceptors (Lipinski definition) is 5. The van der Waals surface area contributed by atoms with E-state index in [0.717, 1.165) is 33.8 Å². The second kappa shape index (κ2) is 7.48. The lowest BCUT2D eigenvalue weighted by atomic mass is 9.94. The molecule has 4 rings (SSSR count). The standard InChI is InChI=1S/C22H23N3O3/c1-14-7-6-8-16(13-14)20-19(21(26)28-12-11-27-3)15(2)23-22-24-17-9-4-5-10-18(17)25(20)22/h4-10,13,20H,11-12H2,1-3H3,(H,23,24)/t20-/m1/s1. The number of para-hydroxylation sites is 2. The van der Waals surface area contributed by atoms with Gasteiger partial charge in [-0.3, -0.25) is 4.57 Å². The Morgan fingerprint density at radius 1 is 1.14 bits per heavy atom. The van der Waals surface area contributed by atoms with E-state index in [1.54, 1.807) is 7.11 Å². The Morgan fingerprint density at radius 3 is 2.75 bits per heavy atom. The monoisotopic (exact) mass is 377 g/mol. The zero-order valence-corrected chi connectivity index (χ0v) is 16.2. The molecule has 144 valence electrons. The van der Waals surface area contributed by atoms with Gasteiger partial charge in [0.15, 0.2) is 0 Å². The van der Waals surface area contributed by atoms with Crippen LogP contribution in [0, 0.1) is 6.92 Å². The lowest BCUT2D eigenvalue weighted by molar-refractivity contribution is -0.140. The number of aryl methyl sites for hydroxylation is 1. The van der Waals surface area contributed by atoms with E-state index in [0.29, 0.717) is 12.2 Å². The van der Waals surface area contributed by atoms with Gasteiger partial charge in [-0.25, -0.2) is 9.78 Å². The zero-order chi connectivity index (χ0) is 19.7. The number of benzene rings is 2. The van der Waals surface area contributed by atoms with E-state index in [9.17, 15) is 4.79 Å². The van der Waals surface area contributed by atoms with E-state index in [1.807, 2.05) is 56.3 Å². The zero-order valence-electron chi connectivity index (χ0n) is 16.2. The third-order valence-corrected chi connectivity index (χ3v) is 4.93. The normalized spacial score (nSPS) is 16.0. The maximum Gasteiger partial charge on any atom is 0.338 e. The summed E-state index contributed by atoms with van der Waals surface area (Å²) >= 11 is 0. The molecule has 0 unspecified atom stereocenters. The first kappa shape index (κ1) is 18.3. The molecule has 2 aromatic carbocycles. The number of esters is 1. The van der Waals surface area contributed by atoms with E-state index in [4.69, 9.17) is 14.5 Å². The minimum atomic E-state index is -0.350. The number of carbonyl (C=O) groups is 1. The fourth-order valence-corrected chi connectivity index (χ4v) is 3.68. The number of aromatic nitrogens is 2. The van der Waals surface area contributed by atoms with Crippen molar-refractivity contribution in [3.05, 3.63) is 70.9 Å². The number of fused-ring (bicyclic) bond motifs is 3. The molecule has 0 radical (unpaired) electrons. The molecule has 6 nitrogen and oxygen atoms in total. The van der Waals surface area contributed by atoms with Crippen molar-refractivity contribution in [3.8, 4) is 0 Å². The van der Waals surface area contributed by atoms with Crippen LogP contribution in [0.25, 0.3) is 11.0 Å². The molecule has 0 saturated carbocycles. The van der Waals surface area contributed by atoms with Gasteiger partial charge >= 0.3 is 5.97 Å². The number of nitrogens with zero attached hydrogens (tertiary/aromatic N) is 2. The summed E-state index contributed by atoms with van der Waals surface area (Å²) < 4.78 is 12.6. The predicted molar refractivity (Wildman–Crippen MR) is 108 cm³/mol. The molecule has 1 N–H and O–H groups in total. The van der Waals surface area contributed by atoms with Crippen LogP contribution in [0.3, 0.4) is 0 Å². The van der Waals surface area contributed by atoms with Crippen molar-refractivity contribution in [2.75, 3.05) is 25.6 Å². The minimum absolute atomic E-state index is 0.212. The van der Waals surface area contributed by atoms with Crippen molar-refractivity contribution < 1.29 is 14.3 Å². The molecule has 0 amide bonds. The van der Waals surface area contributed by atoms with Crippen LogP contribution in [0.2, 0.25) is 0 Å². The van der Waals surface area contributed by atoms with E-state index < -0.39 is 0 Å². The molecule has 0 spiro atoms. The molecule has 1 aliphatic heterocycles. The van der Waals surface area contributed by atoms with Crippen LogP contribution in [-0.2, 0) is 14.3 Å². The molecule has 0 fully saturated rings. The highest BCUT2D eigenvalue weighted by Crippen LogP contribution is 2.39. The molecular weight excluding hydrogens is 354 g/mol. The van der Waals surface area contributed by atoms with Crippen molar-refractivity contribution >= 4 is 23.0 Å². The minimum Gasteiger partial charge on any atom is -0.460 e. The van der Waals surface area contributed by atoms with E-state index in [-0.39, 0.29) is 18.6 Å². The van der Waals surface area contributed by atoms with Crippen LogP contribution in [0.5, 0.6) is 0 Å². The lowest BCUT2D eigenvalue weighted by Gasteiger charge is -2.30. The molecule has 3 aromatic rings. The van der Waals surface area contributed by atoms with Crippen molar-refractivity contribution in [2.45, 2.75) is 19.9 Å². The van der Waals surface area contributed by atoms with Crippen LogP contribution < -0.4 is 5.32 Å². The molecule has 2 heterocycles. The highest BCUT2D eigenvalue weighted by molar-refractivity contribution is 5.94. The molecule has 1 aromatic heterocycles. The number of ether oxygens (including phenoxy) is 2. The maximum absolute atomic E-state index is 13.0. The van der Waals surface area contributed by atoms with Crippen LogP contribution in [0.15, 0.2) is 59.8 Å². The maximum atomic E-state index is 13.0. The van der Waals surface area contributed by atoms with Gasteiger partial charge in [0.05, 0.1) is 29.3 Å². The summed E-state index contributed by atoms with van der Waals surface area (Å²) in [5.74, 6) is 0.371. The Bertz CT molecular complexity index is 1070. The second-order valence-corrected chi connectivity index (χ2v) is 6.90. The van der Waals surface area contributed by atoms with Gasteiger partial charge in [-0.05, 0) is 31.5 Å². The molecule has 0 bridgehead atoms. The van der Waals surface area contributed by atoms with Crippen LogP contribution in [-0.4, -0.2) is 35.8 Å². The van der Waals surface area contributed by atoms with Gasteiger partial charge in [0.25, 0.3) is 0 Å². The summed E-state index contributed by atoms with van der Waals surface area (Å²) in [7, 11) is 1.58. The van der Waals surface area contributed by atoms with E-state index in [1.165, 1.54) is 0 Å². The highest BCUT2D eigenvalue weighted by Gasteiger charge is 2.34. The Kier molecular flexibility index (Phi) is 4.88. The smallest absolute Gasteiger partial charge is 0.338 e. The van der Waals surface area contributed by atoms with Gasteiger partial charge < -0.3 is 14.8 Å². The molecule has 28 heavy (non-hydrogen) atoms. The quantitative estimate of drug-likeness (QED) is 0.541. The average Bonchev–Trinajstić information content (AvgIpc) is 3.04. The largest absolute Gasteiger partial charge is 0.460 e. The fourth-order valence-electron chi connectivity index (χ4n) is 3.68. The summed E-state index contributed by atoms with van der Waals surface area (Å²) in [6.45, 7) is 4.51. The van der Waals surface area contributed by atoms with E-state index in [2.05, 4.69) is 16.0 Å². The van der Waals surface area contributed by atoms with Gasteiger partial charge in [0.2, 0.25) is 5.95 Å². The van der Waals surface area contributed by atoms with Crippen LogP contribution in [0.4, 0.5) is 5.95 Å². The Morgan fingerprint density at radius 2 is 1.96 bits per heavy atom. The summed E-state index contributed by atoms with van der Waals surface area (Å²) in [6, 6.07) is 15.8. The second-order valence-electron chi connectivity index (χ2n) is 6.90. The highest BCUT2D eigenvalue weighted by atomic mass is 16.6. The van der Waals surface area contributed by atoms with Gasteiger partial charge in [0.1, 0.15) is 6.61 Å². The molecule has 0 saturated heterocycles. The molecule has 1 atom stereocenters. The molecular formula is C22H23N3O3. The number of anilines is 1. The summed E-state index contributed by atoms with van der Waals surface area (Å²) in [6.07, 6.45) is 0. The number of methoxy groups -OCH3 is 1. The van der Waals surface area contributed by atoms with Gasteiger partial charge in [-0.15, -0.1) is 0 Å². The Balaban J connectivity index is 1.88. The van der Waals surface area contributed by atoms with Crippen molar-refractivity contribution in [1.82, 2.24) is 9.55 Å². The van der Waals surface area contributed by atoms with Crippen LogP contribution in [0.1, 0.15) is 24.1 Å². The number of hydrogen-bond donors (Lipinski definition) is 1. The molecule has 1 aliphatic rings. The fraction of sp³-hybridized carbons (Fsp3) is 0.273. The molecule has 6 heteroatoms.